The number of hydrogen-bond donors (Lipinski definition) is 1. The van der Waals surface area contributed by atoms with E-state index in [1.54, 1.807) is 12.3 Å². The van der Waals surface area contributed by atoms with Gasteiger partial charge in [0.1, 0.15) is 5.52 Å². The molecule has 4 heterocycles. The number of pyridine rings is 1. The largest absolute Gasteiger partial charge is 0.352 e. The third kappa shape index (κ3) is 3.05. The van der Waals surface area contributed by atoms with E-state index in [9.17, 15) is 4.79 Å². The summed E-state index contributed by atoms with van der Waals surface area (Å²) in [6, 6.07) is 6.03. The molecule has 0 amide bonds. The van der Waals surface area contributed by atoms with E-state index in [1.165, 1.54) is 11.2 Å². The second kappa shape index (κ2) is 6.70. The van der Waals surface area contributed by atoms with E-state index < -0.39 is 0 Å². The molecule has 3 aromatic heterocycles. The van der Waals surface area contributed by atoms with E-state index >= 15 is 0 Å². The number of rotatable bonds is 4. The third-order valence-electron chi connectivity index (χ3n) is 4.47. The zero-order chi connectivity index (χ0) is 16.4. The summed E-state index contributed by atoms with van der Waals surface area (Å²) in [5.41, 5.74) is 0.575. The van der Waals surface area contributed by atoms with Gasteiger partial charge in [-0.15, -0.1) is 11.3 Å². The SMILES string of the molecule is O=c1[nH]cnc2c(N3CCN(CCc4cccs4)CC3)nccc12. The van der Waals surface area contributed by atoms with Gasteiger partial charge in [-0.25, -0.2) is 9.97 Å². The van der Waals surface area contributed by atoms with Gasteiger partial charge in [0, 0.05) is 43.8 Å². The van der Waals surface area contributed by atoms with Crippen LogP contribution in [-0.2, 0) is 6.42 Å². The summed E-state index contributed by atoms with van der Waals surface area (Å²) in [6.07, 6.45) is 4.26. The van der Waals surface area contributed by atoms with Crippen LogP contribution in [-0.4, -0.2) is 52.6 Å². The molecular weight excluding hydrogens is 322 g/mol. The summed E-state index contributed by atoms with van der Waals surface area (Å²) in [7, 11) is 0. The van der Waals surface area contributed by atoms with Crippen LogP contribution in [0.25, 0.3) is 10.9 Å². The van der Waals surface area contributed by atoms with Crippen LogP contribution in [0.5, 0.6) is 0 Å². The summed E-state index contributed by atoms with van der Waals surface area (Å²) in [5, 5.41) is 2.73. The summed E-state index contributed by atoms with van der Waals surface area (Å²) >= 11 is 1.82. The van der Waals surface area contributed by atoms with Crippen LogP contribution in [0.1, 0.15) is 4.88 Å². The molecule has 1 fully saturated rings. The van der Waals surface area contributed by atoms with Crippen molar-refractivity contribution in [2.45, 2.75) is 6.42 Å². The lowest BCUT2D eigenvalue weighted by Crippen LogP contribution is -2.47. The summed E-state index contributed by atoms with van der Waals surface area (Å²) < 4.78 is 0. The first-order valence-electron chi connectivity index (χ1n) is 8.13. The van der Waals surface area contributed by atoms with Crippen molar-refractivity contribution in [3.8, 4) is 0 Å². The molecule has 4 rings (SSSR count). The van der Waals surface area contributed by atoms with Gasteiger partial charge in [0.15, 0.2) is 5.82 Å². The number of thiophene rings is 1. The minimum atomic E-state index is -0.113. The van der Waals surface area contributed by atoms with E-state index in [-0.39, 0.29) is 5.56 Å². The molecule has 24 heavy (non-hydrogen) atoms. The van der Waals surface area contributed by atoms with Gasteiger partial charge in [-0.1, -0.05) is 6.07 Å². The maximum absolute atomic E-state index is 11.9. The lowest BCUT2D eigenvalue weighted by Gasteiger charge is -2.35. The predicted octanol–water partition coefficient (Wildman–Crippen LogP) is 1.74. The highest BCUT2D eigenvalue weighted by Crippen LogP contribution is 2.21. The van der Waals surface area contributed by atoms with Crippen LogP contribution in [0.15, 0.2) is 40.9 Å². The van der Waals surface area contributed by atoms with Crippen LogP contribution < -0.4 is 10.5 Å². The smallest absolute Gasteiger partial charge is 0.258 e. The molecule has 1 saturated heterocycles. The Kier molecular flexibility index (Phi) is 4.27. The second-order valence-corrected chi connectivity index (χ2v) is 6.95. The zero-order valence-corrected chi connectivity index (χ0v) is 14.1. The number of nitrogens with zero attached hydrogens (tertiary/aromatic N) is 4. The topological polar surface area (TPSA) is 65.1 Å². The summed E-state index contributed by atoms with van der Waals surface area (Å²) in [5.74, 6) is 0.816. The van der Waals surface area contributed by atoms with Gasteiger partial charge >= 0.3 is 0 Å². The first-order chi connectivity index (χ1) is 11.8. The number of piperazine rings is 1. The first kappa shape index (κ1) is 15.3. The predicted molar refractivity (Wildman–Crippen MR) is 96.8 cm³/mol. The standard InChI is InChI=1S/C17H19N5OS/c23-17-14-3-5-18-16(15(14)19-12-20-17)22-9-7-21(8-10-22)6-4-13-2-1-11-24-13/h1-3,5,11-12H,4,6-10H2,(H,19,20,23). The van der Waals surface area contributed by atoms with E-state index in [0.29, 0.717) is 10.9 Å². The fourth-order valence-electron chi connectivity index (χ4n) is 3.12. The number of fused-ring (bicyclic) bond motifs is 1. The van der Waals surface area contributed by atoms with Crippen molar-refractivity contribution in [1.82, 2.24) is 19.9 Å². The average molecular weight is 341 g/mol. The minimum absolute atomic E-state index is 0.113. The Morgan fingerprint density at radius 3 is 2.83 bits per heavy atom. The highest BCUT2D eigenvalue weighted by molar-refractivity contribution is 7.09. The fraction of sp³-hybridized carbons (Fsp3) is 0.353. The molecule has 0 aromatic carbocycles. The average Bonchev–Trinajstić information content (AvgIpc) is 3.14. The molecule has 6 nitrogen and oxygen atoms in total. The molecule has 124 valence electrons. The Morgan fingerprint density at radius 1 is 1.17 bits per heavy atom. The second-order valence-electron chi connectivity index (χ2n) is 5.92. The number of nitrogens with one attached hydrogen (secondary N) is 1. The molecule has 1 aliphatic heterocycles. The van der Waals surface area contributed by atoms with Gasteiger partial charge < -0.3 is 9.88 Å². The van der Waals surface area contributed by atoms with E-state index in [4.69, 9.17) is 0 Å². The van der Waals surface area contributed by atoms with Gasteiger partial charge in [0.2, 0.25) is 0 Å². The zero-order valence-electron chi connectivity index (χ0n) is 13.3. The van der Waals surface area contributed by atoms with Crippen LogP contribution in [0.3, 0.4) is 0 Å². The summed E-state index contributed by atoms with van der Waals surface area (Å²) in [6.45, 7) is 4.92. The summed E-state index contributed by atoms with van der Waals surface area (Å²) in [4.78, 5) is 29.5. The van der Waals surface area contributed by atoms with Gasteiger partial charge in [-0.05, 0) is 23.9 Å². The maximum atomic E-state index is 11.9. The quantitative estimate of drug-likeness (QED) is 0.783. The van der Waals surface area contributed by atoms with Crippen LogP contribution >= 0.6 is 11.3 Å². The monoisotopic (exact) mass is 341 g/mol. The Morgan fingerprint density at radius 2 is 2.04 bits per heavy atom. The third-order valence-corrected chi connectivity index (χ3v) is 5.40. The lowest BCUT2D eigenvalue weighted by atomic mass is 10.2. The molecule has 1 N–H and O–H groups in total. The van der Waals surface area contributed by atoms with Crippen LogP contribution in [0.4, 0.5) is 5.82 Å². The van der Waals surface area contributed by atoms with Crippen molar-refractivity contribution in [3.63, 3.8) is 0 Å². The molecule has 0 aliphatic carbocycles. The van der Waals surface area contributed by atoms with Crippen molar-refractivity contribution < 1.29 is 0 Å². The number of aromatic amines is 1. The van der Waals surface area contributed by atoms with E-state index in [2.05, 4.69) is 42.3 Å². The molecule has 0 spiro atoms. The first-order valence-corrected chi connectivity index (χ1v) is 9.01. The van der Waals surface area contributed by atoms with Gasteiger partial charge in [0.25, 0.3) is 5.56 Å². The fourth-order valence-corrected chi connectivity index (χ4v) is 3.82. The van der Waals surface area contributed by atoms with Crippen molar-refractivity contribution in [1.29, 1.82) is 0 Å². The molecule has 0 radical (unpaired) electrons. The number of anilines is 1. The molecule has 0 unspecified atom stereocenters. The van der Waals surface area contributed by atoms with Crippen LogP contribution in [0, 0.1) is 0 Å². The number of hydrogen-bond acceptors (Lipinski definition) is 6. The Bertz CT molecular complexity index is 868. The molecule has 7 heteroatoms. The normalized spacial score (nSPS) is 15.9. The highest BCUT2D eigenvalue weighted by Gasteiger charge is 2.20. The lowest BCUT2D eigenvalue weighted by molar-refractivity contribution is 0.261. The molecule has 0 bridgehead atoms. The van der Waals surface area contributed by atoms with Crippen molar-refractivity contribution >= 4 is 28.1 Å². The molecule has 0 saturated carbocycles. The van der Waals surface area contributed by atoms with Gasteiger partial charge in [0.05, 0.1) is 11.7 Å². The number of aromatic nitrogens is 3. The Labute approximate surface area is 143 Å². The minimum Gasteiger partial charge on any atom is -0.352 e. The molecule has 0 atom stereocenters. The van der Waals surface area contributed by atoms with Gasteiger partial charge in [-0.3, -0.25) is 9.69 Å². The van der Waals surface area contributed by atoms with Crippen molar-refractivity contribution in [2.24, 2.45) is 0 Å². The molecular formula is C17H19N5OS. The van der Waals surface area contributed by atoms with E-state index in [1.807, 2.05) is 11.3 Å². The number of H-pyrrole nitrogens is 1. The maximum Gasteiger partial charge on any atom is 0.258 e. The van der Waals surface area contributed by atoms with Gasteiger partial charge in [-0.2, -0.15) is 0 Å². The van der Waals surface area contributed by atoms with Crippen molar-refractivity contribution in [2.75, 3.05) is 37.6 Å². The molecule has 3 aromatic rings. The molecule has 1 aliphatic rings. The van der Waals surface area contributed by atoms with Crippen molar-refractivity contribution in [3.05, 3.63) is 51.3 Å². The van der Waals surface area contributed by atoms with E-state index in [0.717, 1.165) is 45.0 Å². The van der Waals surface area contributed by atoms with Crippen LogP contribution in [0.2, 0.25) is 0 Å². The Balaban J connectivity index is 1.44. The highest BCUT2D eigenvalue weighted by atomic mass is 32.1. The Hall–Kier alpha value is -2.25.